The molecule has 2 N–H and O–H groups in total. The van der Waals surface area contributed by atoms with Crippen molar-refractivity contribution >= 4 is 5.97 Å². The molecule has 1 aliphatic rings. The third-order valence-corrected chi connectivity index (χ3v) is 3.87. The highest BCUT2D eigenvalue weighted by Crippen LogP contribution is 2.28. The molecule has 1 saturated heterocycles. The Morgan fingerprint density at radius 3 is 2.56 bits per heavy atom. The van der Waals surface area contributed by atoms with E-state index >= 15 is 0 Å². The van der Waals surface area contributed by atoms with Gasteiger partial charge in [-0.05, 0) is 26.3 Å². The van der Waals surface area contributed by atoms with Gasteiger partial charge in [0.15, 0.2) is 11.9 Å². The maximum absolute atomic E-state index is 11.7. The van der Waals surface area contributed by atoms with E-state index in [2.05, 4.69) is 0 Å². The first kappa shape index (κ1) is 19.8. The maximum atomic E-state index is 11.7. The van der Waals surface area contributed by atoms with Gasteiger partial charge in [-0.3, -0.25) is 0 Å². The molecule has 140 valence electrons. The van der Waals surface area contributed by atoms with E-state index in [9.17, 15) is 15.0 Å². The van der Waals surface area contributed by atoms with E-state index < -0.39 is 36.2 Å². The van der Waals surface area contributed by atoms with Crippen LogP contribution in [0.4, 0.5) is 0 Å². The lowest BCUT2D eigenvalue weighted by molar-refractivity contribution is -0.190. The van der Waals surface area contributed by atoms with Crippen molar-refractivity contribution in [3.05, 3.63) is 35.9 Å². The van der Waals surface area contributed by atoms with Crippen LogP contribution in [0, 0.1) is 0 Å². The number of esters is 1. The molecule has 0 radical (unpaired) electrons. The van der Waals surface area contributed by atoms with Gasteiger partial charge in [0, 0.05) is 0 Å². The molecule has 0 aliphatic carbocycles. The first-order chi connectivity index (χ1) is 11.8. The second-order valence-corrected chi connectivity index (χ2v) is 6.32. The van der Waals surface area contributed by atoms with Crippen molar-refractivity contribution in [1.29, 1.82) is 0 Å². The molecular formula is C18H26O7. The summed E-state index contributed by atoms with van der Waals surface area (Å²) in [7, 11) is 0. The molecule has 25 heavy (non-hydrogen) atoms. The van der Waals surface area contributed by atoms with Crippen molar-refractivity contribution in [3.63, 3.8) is 0 Å². The van der Waals surface area contributed by atoms with Crippen LogP contribution in [0.2, 0.25) is 0 Å². The fraction of sp³-hybridized carbons (Fsp3) is 0.611. The number of aliphatic hydroxyl groups excluding tert-OH is 2. The van der Waals surface area contributed by atoms with Gasteiger partial charge in [-0.1, -0.05) is 30.3 Å². The molecule has 0 amide bonds. The normalized spacial score (nSPS) is 23.0. The second kappa shape index (κ2) is 8.73. The van der Waals surface area contributed by atoms with Gasteiger partial charge in [-0.2, -0.15) is 0 Å². The first-order valence-corrected chi connectivity index (χ1v) is 8.34. The van der Waals surface area contributed by atoms with Gasteiger partial charge in [-0.15, -0.1) is 0 Å². The van der Waals surface area contributed by atoms with Crippen LogP contribution in [0.3, 0.4) is 0 Å². The minimum Gasteiger partial charge on any atom is -0.464 e. The summed E-state index contributed by atoms with van der Waals surface area (Å²) in [6.45, 7) is 5.59. The zero-order chi connectivity index (χ0) is 18.4. The summed E-state index contributed by atoms with van der Waals surface area (Å²) in [5, 5.41) is 20.5. The van der Waals surface area contributed by atoms with Crippen LogP contribution in [0.15, 0.2) is 30.3 Å². The highest BCUT2D eigenvalue weighted by atomic mass is 16.7. The molecule has 1 aromatic carbocycles. The van der Waals surface area contributed by atoms with Crippen molar-refractivity contribution < 1.29 is 34.0 Å². The largest absolute Gasteiger partial charge is 0.464 e. The van der Waals surface area contributed by atoms with Crippen molar-refractivity contribution in [2.45, 2.75) is 57.6 Å². The number of carbonyl (C=O) groups is 1. The molecule has 1 aromatic rings. The van der Waals surface area contributed by atoms with Gasteiger partial charge in [0.05, 0.1) is 19.8 Å². The monoisotopic (exact) mass is 354 g/mol. The number of rotatable bonds is 8. The smallest absolute Gasteiger partial charge is 0.337 e. The van der Waals surface area contributed by atoms with Crippen molar-refractivity contribution in [3.8, 4) is 0 Å². The van der Waals surface area contributed by atoms with Crippen molar-refractivity contribution in [2.75, 3.05) is 13.2 Å². The minimum atomic E-state index is -1.73. The molecule has 4 atom stereocenters. The van der Waals surface area contributed by atoms with Crippen LogP contribution in [0.1, 0.15) is 26.3 Å². The summed E-state index contributed by atoms with van der Waals surface area (Å²) in [5.74, 6) is -1.73. The molecular weight excluding hydrogens is 328 g/mol. The molecule has 1 fully saturated rings. The maximum Gasteiger partial charge on any atom is 0.337 e. The third kappa shape index (κ3) is 5.49. The molecule has 1 heterocycles. The molecule has 0 spiro atoms. The predicted molar refractivity (Wildman–Crippen MR) is 88.6 cm³/mol. The fourth-order valence-electron chi connectivity index (χ4n) is 2.62. The number of benzene rings is 1. The lowest BCUT2D eigenvalue weighted by atomic mass is 10.0. The Kier molecular flexibility index (Phi) is 6.92. The van der Waals surface area contributed by atoms with Gasteiger partial charge in [0.2, 0.25) is 0 Å². The van der Waals surface area contributed by atoms with Crippen LogP contribution in [-0.4, -0.2) is 59.6 Å². The van der Waals surface area contributed by atoms with Gasteiger partial charge in [0.25, 0.3) is 0 Å². The average molecular weight is 354 g/mol. The predicted octanol–water partition coefficient (Wildman–Crippen LogP) is 1.01. The van der Waals surface area contributed by atoms with E-state index in [4.69, 9.17) is 18.9 Å². The Morgan fingerprint density at radius 2 is 2.00 bits per heavy atom. The molecule has 2 rings (SSSR count). The molecule has 0 saturated carbocycles. The number of ether oxygens (including phenoxy) is 4. The summed E-state index contributed by atoms with van der Waals surface area (Å²) in [5.41, 5.74) is 0.892. The van der Waals surface area contributed by atoms with E-state index in [0.717, 1.165) is 5.56 Å². The van der Waals surface area contributed by atoms with Crippen molar-refractivity contribution in [2.24, 2.45) is 0 Å². The second-order valence-electron chi connectivity index (χ2n) is 6.32. The molecule has 0 bridgehead atoms. The highest BCUT2D eigenvalue weighted by Gasteiger charge is 2.44. The zero-order valence-corrected chi connectivity index (χ0v) is 14.8. The molecule has 7 heteroatoms. The van der Waals surface area contributed by atoms with E-state index in [0.29, 0.717) is 0 Å². The quantitative estimate of drug-likeness (QED) is 0.673. The van der Waals surface area contributed by atoms with Crippen LogP contribution < -0.4 is 0 Å². The van der Waals surface area contributed by atoms with Gasteiger partial charge >= 0.3 is 5.97 Å². The molecule has 0 unspecified atom stereocenters. The Bertz CT molecular complexity index is 546. The Morgan fingerprint density at radius 1 is 1.32 bits per heavy atom. The summed E-state index contributed by atoms with van der Waals surface area (Å²) < 4.78 is 21.8. The van der Waals surface area contributed by atoms with Gasteiger partial charge < -0.3 is 29.2 Å². The Labute approximate surface area is 147 Å². The number of hydrogen-bond donors (Lipinski definition) is 2. The Hall–Kier alpha value is -1.51. The van der Waals surface area contributed by atoms with E-state index in [1.54, 1.807) is 20.8 Å². The third-order valence-electron chi connectivity index (χ3n) is 3.87. The van der Waals surface area contributed by atoms with E-state index in [1.165, 1.54) is 0 Å². The highest BCUT2D eigenvalue weighted by molar-refractivity contribution is 5.75. The molecule has 0 aromatic heterocycles. The molecule has 7 nitrogen and oxygen atoms in total. The van der Waals surface area contributed by atoms with Gasteiger partial charge in [-0.25, -0.2) is 4.79 Å². The Balaban J connectivity index is 2.09. The van der Waals surface area contributed by atoms with Crippen LogP contribution in [-0.2, 0) is 30.3 Å². The average Bonchev–Trinajstić information content (AvgIpc) is 2.95. The van der Waals surface area contributed by atoms with Crippen LogP contribution in [0.5, 0.6) is 0 Å². The number of aliphatic hydroxyl groups is 2. The lowest BCUT2D eigenvalue weighted by Crippen LogP contribution is -2.50. The number of carbonyl (C=O) groups excluding carboxylic acids is 1. The molecule has 1 aliphatic heterocycles. The summed E-state index contributed by atoms with van der Waals surface area (Å²) in [6.07, 6.45) is -4.82. The standard InChI is InChI=1S/C18H26O7/c1-4-22-17(21)15(20)14(19)16(13-11-24-18(2,3)25-13)23-10-12-8-6-5-7-9-12/h5-9,13-16,19-20H,4,10-11H2,1-3H3/t13-,14-,15-,16-/m0/s1. The summed E-state index contributed by atoms with van der Waals surface area (Å²) in [6, 6.07) is 9.38. The number of hydrogen-bond acceptors (Lipinski definition) is 7. The van der Waals surface area contributed by atoms with Crippen LogP contribution >= 0.6 is 0 Å². The van der Waals surface area contributed by atoms with Crippen LogP contribution in [0.25, 0.3) is 0 Å². The fourth-order valence-corrected chi connectivity index (χ4v) is 2.62. The summed E-state index contributed by atoms with van der Waals surface area (Å²) in [4.78, 5) is 11.7. The van der Waals surface area contributed by atoms with E-state index in [-0.39, 0.29) is 19.8 Å². The van der Waals surface area contributed by atoms with Gasteiger partial charge in [0.1, 0.15) is 18.3 Å². The zero-order valence-electron chi connectivity index (χ0n) is 14.8. The minimum absolute atomic E-state index is 0.105. The topological polar surface area (TPSA) is 94.5 Å². The summed E-state index contributed by atoms with van der Waals surface area (Å²) >= 11 is 0. The SMILES string of the molecule is CCOC(=O)[C@@H](O)[C@H](O)[C@@H](OCc1ccccc1)[C@@H]1COC(C)(C)O1. The first-order valence-electron chi connectivity index (χ1n) is 8.34. The lowest BCUT2D eigenvalue weighted by Gasteiger charge is -2.30. The van der Waals surface area contributed by atoms with Crippen molar-refractivity contribution in [1.82, 2.24) is 0 Å². The van der Waals surface area contributed by atoms with E-state index in [1.807, 2.05) is 30.3 Å².